The summed E-state index contributed by atoms with van der Waals surface area (Å²) in [5, 5.41) is 3.04. The van der Waals surface area contributed by atoms with Crippen LogP contribution in [0.5, 0.6) is 0 Å². The number of hydrogen-bond acceptors (Lipinski definition) is 2. The van der Waals surface area contributed by atoms with Crippen molar-refractivity contribution < 1.29 is 9.59 Å². The Bertz CT molecular complexity index is 496. The lowest BCUT2D eigenvalue weighted by Gasteiger charge is -2.25. The fraction of sp³-hybridized carbons (Fsp3) is 0.500. The highest BCUT2D eigenvalue weighted by Crippen LogP contribution is 2.19. The van der Waals surface area contributed by atoms with E-state index < -0.39 is 0 Å². The standard InChI is InChI=1S/C16H21BrN2O2/c1-12(20)19(15-9-7-13(17)8-10-15)11-16(21)18-14-5-3-2-4-6-14/h7-10,14H,2-6,11H2,1H3,(H,18,21). The Morgan fingerprint density at radius 3 is 2.38 bits per heavy atom. The molecule has 0 radical (unpaired) electrons. The minimum Gasteiger partial charge on any atom is -0.352 e. The molecule has 1 aliphatic rings. The first-order valence-corrected chi connectivity index (χ1v) is 8.18. The van der Waals surface area contributed by atoms with E-state index in [-0.39, 0.29) is 24.4 Å². The molecule has 0 unspecified atom stereocenters. The molecule has 5 heteroatoms. The topological polar surface area (TPSA) is 49.4 Å². The van der Waals surface area contributed by atoms with Crippen LogP contribution >= 0.6 is 15.9 Å². The van der Waals surface area contributed by atoms with E-state index in [1.54, 1.807) is 0 Å². The minimum atomic E-state index is -0.129. The zero-order valence-corrected chi connectivity index (χ0v) is 13.9. The van der Waals surface area contributed by atoms with Crippen molar-refractivity contribution in [3.8, 4) is 0 Å². The van der Waals surface area contributed by atoms with Gasteiger partial charge in [0.15, 0.2) is 0 Å². The van der Waals surface area contributed by atoms with Gasteiger partial charge in [0.25, 0.3) is 0 Å². The van der Waals surface area contributed by atoms with Crippen molar-refractivity contribution in [3.63, 3.8) is 0 Å². The predicted molar refractivity (Wildman–Crippen MR) is 87.2 cm³/mol. The fourth-order valence-corrected chi connectivity index (χ4v) is 2.93. The number of amides is 2. The third-order valence-electron chi connectivity index (χ3n) is 3.79. The van der Waals surface area contributed by atoms with Crippen LogP contribution in [0.2, 0.25) is 0 Å². The van der Waals surface area contributed by atoms with Crippen LogP contribution < -0.4 is 10.2 Å². The molecule has 4 nitrogen and oxygen atoms in total. The summed E-state index contributed by atoms with van der Waals surface area (Å²) >= 11 is 3.37. The van der Waals surface area contributed by atoms with E-state index in [1.807, 2.05) is 24.3 Å². The third-order valence-corrected chi connectivity index (χ3v) is 4.32. The van der Waals surface area contributed by atoms with Crippen molar-refractivity contribution >= 4 is 33.4 Å². The maximum absolute atomic E-state index is 12.2. The van der Waals surface area contributed by atoms with Crippen LogP contribution in [0, 0.1) is 0 Å². The Hall–Kier alpha value is -1.36. The average Bonchev–Trinajstić information content (AvgIpc) is 2.47. The Kier molecular flexibility index (Phi) is 5.79. The molecule has 1 aromatic rings. The molecule has 1 fully saturated rings. The molecule has 0 aromatic heterocycles. The average molecular weight is 353 g/mol. The molecule has 1 saturated carbocycles. The largest absolute Gasteiger partial charge is 0.352 e. The number of nitrogens with one attached hydrogen (secondary N) is 1. The second-order valence-corrected chi connectivity index (χ2v) is 6.40. The summed E-state index contributed by atoms with van der Waals surface area (Å²) in [6.07, 6.45) is 5.70. The van der Waals surface area contributed by atoms with Gasteiger partial charge in [0.05, 0.1) is 0 Å². The second kappa shape index (κ2) is 7.59. The Morgan fingerprint density at radius 1 is 1.19 bits per heavy atom. The molecule has 2 rings (SSSR count). The van der Waals surface area contributed by atoms with Crippen LogP contribution in [0.25, 0.3) is 0 Å². The van der Waals surface area contributed by atoms with Crippen molar-refractivity contribution in [3.05, 3.63) is 28.7 Å². The van der Waals surface area contributed by atoms with Crippen molar-refractivity contribution in [2.75, 3.05) is 11.4 Å². The number of carbonyl (C=O) groups is 2. The highest BCUT2D eigenvalue weighted by molar-refractivity contribution is 9.10. The number of hydrogen-bond donors (Lipinski definition) is 1. The zero-order valence-electron chi connectivity index (χ0n) is 12.3. The summed E-state index contributed by atoms with van der Waals surface area (Å²) in [5.41, 5.74) is 0.740. The molecule has 0 atom stereocenters. The minimum absolute atomic E-state index is 0.0769. The molecule has 0 bridgehead atoms. The molecule has 2 amide bonds. The molecule has 0 heterocycles. The van der Waals surface area contributed by atoms with E-state index in [0.29, 0.717) is 0 Å². The van der Waals surface area contributed by atoms with Gasteiger partial charge < -0.3 is 10.2 Å². The van der Waals surface area contributed by atoms with Crippen LogP contribution in [0.4, 0.5) is 5.69 Å². The molecule has 0 spiro atoms. The number of rotatable bonds is 4. The van der Waals surface area contributed by atoms with E-state index in [4.69, 9.17) is 0 Å². The first kappa shape index (κ1) is 16.0. The van der Waals surface area contributed by atoms with Gasteiger partial charge in [-0.2, -0.15) is 0 Å². The first-order chi connectivity index (χ1) is 10.1. The number of anilines is 1. The number of nitrogens with zero attached hydrogens (tertiary/aromatic N) is 1. The lowest BCUT2D eigenvalue weighted by Crippen LogP contribution is -2.44. The first-order valence-electron chi connectivity index (χ1n) is 7.39. The van der Waals surface area contributed by atoms with Gasteiger partial charge in [0.1, 0.15) is 6.54 Å². The Morgan fingerprint density at radius 2 is 1.81 bits per heavy atom. The fourth-order valence-electron chi connectivity index (χ4n) is 2.67. The summed E-state index contributed by atoms with van der Waals surface area (Å²) < 4.78 is 0.946. The highest BCUT2D eigenvalue weighted by Gasteiger charge is 2.19. The van der Waals surface area contributed by atoms with Gasteiger partial charge in [-0.3, -0.25) is 9.59 Å². The maximum Gasteiger partial charge on any atom is 0.240 e. The van der Waals surface area contributed by atoms with Crippen LogP contribution in [-0.2, 0) is 9.59 Å². The number of halogens is 1. The molecule has 0 aliphatic heterocycles. The quantitative estimate of drug-likeness (QED) is 0.903. The summed E-state index contributed by atoms with van der Waals surface area (Å²) in [5.74, 6) is -0.212. The number of carbonyl (C=O) groups excluding carboxylic acids is 2. The molecule has 114 valence electrons. The number of benzene rings is 1. The Labute approximate surface area is 134 Å². The highest BCUT2D eigenvalue weighted by atomic mass is 79.9. The van der Waals surface area contributed by atoms with E-state index in [0.717, 1.165) is 23.0 Å². The molecule has 1 aromatic carbocycles. The van der Waals surface area contributed by atoms with Gasteiger partial charge >= 0.3 is 0 Å². The zero-order chi connectivity index (χ0) is 15.2. The van der Waals surface area contributed by atoms with Gasteiger partial charge in [-0.15, -0.1) is 0 Å². The predicted octanol–water partition coefficient (Wildman–Crippen LogP) is 3.25. The Balaban J connectivity index is 1.97. The van der Waals surface area contributed by atoms with Gasteiger partial charge in [0.2, 0.25) is 11.8 Å². The summed E-state index contributed by atoms with van der Waals surface area (Å²) in [4.78, 5) is 25.4. The summed E-state index contributed by atoms with van der Waals surface area (Å²) in [6.45, 7) is 1.56. The lowest BCUT2D eigenvalue weighted by atomic mass is 9.95. The molecular formula is C16H21BrN2O2. The molecule has 0 saturated heterocycles. The van der Waals surface area contributed by atoms with E-state index in [2.05, 4.69) is 21.2 Å². The van der Waals surface area contributed by atoms with Gasteiger partial charge in [-0.1, -0.05) is 35.2 Å². The summed E-state index contributed by atoms with van der Waals surface area (Å²) in [6, 6.07) is 7.66. The van der Waals surface area contributed by atoms with E-state index in [9.17, 15) is 9.59 Å². The van der Waals surface area contributed by atoms with E-state index >= 15 is 0 Å². The molecular weight excluding hydrogens is 332 g/mol. The smallest absolute Gasteiger partial charge is 0.240 e. The van der Waals surface area contributed by atoms with Crippen LogP contribution in [0.1, 0.15) is 39.0 Å². The van der Waals surface area contributed by atoms with Crippen LogP contribution in [-0.4, -0.2) is 24.4 Å². The molecule has 1 aliphatic carbocycles. The second-order valence-electron chi connectivity index (χ2n) is 5.48. The van der Waals surface area contributed by atoms with Crippen molar-refractivity contribution in [1.82, 2.24) is 5.32 Å². The van der Waals surface area contributed by atoms with Gasteiger partial charge in [-0.25, -0.2) is 0 Å². The third kappa shape index (κ3) is 4.84. The van der Waals surface area contributed by atoms with E-state index in [1.165, 1.54) is 31.1 Å². The maximum atomic E-state index is 12.2. The van der Waals surface area contributed by atoms with Gasteiger partial charge in [0, 0.05) is 23.1 Å². The van der Waals surface area contributed by atoms with Crippen LogP contribution in [0.3, 0.4) is 0 Å². The normalized spacial score (nSPS) is 15.5. The van der Waals surface area contributed by atoms with Crippen molar-refractivity contribution in [2.24, 2.45) is 0 Å². The molecule has 1 N–H and O–H groups in total. The van der Waals surface area contributed by atoms with Crippen molar-refractivity contribution in [1.29, 1.82) is 0 Å². The molecule has 21 heavy (non-hydrogen) atoms. The van der Waals surface area contributed by atoms with Gasteiger partial charge in [-0.05, 0) is 37.1 Å². The lowest BCUT2D eigenvalue weighted by molar-refractivity contribution is -0.123. The van der Waals surface area contributed by atoms with Crippen molar-refractivity contribution in [2.45, 2.75) is 45.1 Å². The SMILES string of the molecule is CC(=O)N(CC(=O)NC1CCCCC1)c1ccc(Br)cc1. The van der Waals surface area contributed by atoms with Crippen LogP contribution in [0.15, 0.2) is 28.7 Å². The monoisotopic (exact) mass is 352 g/mol. The summed E-state index contributed by atoms with van der Waals surface area (Å²) in [7, 11) is 0.